The molecule has 2 aromatic rings. The standard InChI is InChI=1S/C18H20N4O3/c1-21-17(24)20-12-18(21)5-8-22(9-6-18)16(23)13-4-7-19-14(11-13)15-3-2-10-25-15/h2-4,7,10-11H,5-6,8-9,12H2,1H3,(H,20,24). The first kappa shape index (κ1) is 15.7. The smallest absolute Gasteiger partial charge is 0.317 e. The van der Waals surface area contributed by atoms with E-state index >= 15 is 0 Å². The zero-order valence-electron chi connectivity index (χ0n) is 14.1. The van der Waals surface area contributed by atoms with Crippen LogP contribution in [0.3, 0.4) is 0 Å². The number of hydrogen-bond donors (Lipinski definition) is 1. The number of carbonyl (C=O) groups is 2. The minimum Gasteiger partial charge on any atom is -0.463 e. The van der Waals surface area contributed by atoms with Crippen LogP contribution >= 0.6 is 0 Å². The van der Waals surface area contributed by atoms with Crippen LogP contribution < -0.4 is 5.32 Å². The molecule has 0 aliphatic carbocycles. The molecule has 0 saturated carbocycles. The Labute approximate surface area is 145 Å². The summed E-state index contributed by atoms with van der Waals surface area (Å²) in [6.07, 6.45) is 4.78. The summed E-state index contributed by atoms with van der Waals surface area (Å²) >= 11 is 0. The molecule has 1 spiro atoms. The van der Waals surface area contributed by atoms with Gasteiger partial charge in [-0.2, -0.15) is 0 Å². The Morgan fingerprint density at radius 1 is 1.32 bits per heavy atom. The molecule has 3 amide bonds. The number of nitrogens with zero attached hydrogens (tertiary/aromatic N) is 3. The number of likely N-dealkylation sites (tertiary alicyclic amines) is 1. The van der Waals surface area contributed by atoms with E-state index in [0.717, 1.165) is 12.8 Å². The molecule has 0 radical (unpaired) electrons. The van der Waals surface area contributed by atoms with Crippen molar-refractivity contribution in [2.24, 2.45) is 0 Å². The van der Waals surface area contributed by atoms with Crippen LogP contribution in [0.25, 0.3) is 11.5 Å². The van der Waals surface area contributed by atoms with E-state index in [2.05, 4.69) is 10.3 Å². The van der Waals surface area contributed by atoms with E-state index < -0.39 is 0 Å². The molecule has 7 heteroatoms. The first-order chi connectivity index (χ1) is 12.1. The monoisotopic (exact) mass is 340 g/mol. The van der Waals surface area contributed by atoms with Crippen LogP contribution in [0.4, 0.5) is 4.79 Å². The Hall–Kier alpha value is -2.83. The third kappa shape index (κ3) is 2.65. The molecule has 2 aliphatic heterocycles. The lowest BCUT2D eigenvalue weighted by molar-refractivity contribution is 0.0565. The van der Waals surface area contributed by atoms with Gasteiger partial charge in [-0.1, -0.05) is 0 Å². The number of carbonyl (C=O) groups excluding carboxylic acids is 2. The molecule has 2 fully saturated rings. The molecule has 2 saturated heterocycles. The van der Waals surface area contributed by atoms with Crippen LogP contribution in [-0.4, -0.2) is 58.9 Å². The Balaban J connectivity index is 1.48. The van der Waals surface area contributed by atoms with Gasteiger partial charge in [-0.3, -0.25) is 9.78 Å². The van der Waals surface area contributed by atoms with E-state index in [-0.39, 0.29) is 17.5 Å². The zero-order chi connectivity index (χ0) is 17.4. The van der Waals surface area contributed by atoms with Gasteiger partial charge in [0.25, 0.3) is 5.91 Å². The van der Waals surface area contributed by atoms with Gasteiger partial charge < -0.3 is 19.5 Å². The quantitative estimate of drug-likeness (QED) is 0.906. The summed E-state index contributed by atoms with van der Waals surface area (Å²) < 4.78 is 5.35. The highest BCUT2D eigenvalue weighted by Gasteiger charge is 2.45. The molecular weight excluding hydrogens is 320 g/mol. The van der Waals surface area contributed by atoms with Gasteiger partial charge in [0.05, 0.1) is 11.8 Å². The number of hydrogen-bond acceptors (Lipinski definition) is 4. The van der Waals surface area contributed by atoms with Crippen molar-refractivity contribution in [3.63, 3.8) is 0 Å². The molecule has 2 aliphatic rings. The van der Waals surface area contributed by atoms with Gasteiger partial charge in [0.2, 0.25) is 0 Å². The first-order valence-electron chi connectivity index (χ1n) is 8.40. The number of rotatable bonds is 2. The number of nitrogens with one attached hydrogen (secondary N) is 1. The zero-order valence-corrected chi connectivity index (χ0v) is 14.1. The molecule has 0 unspecified atom stereocenters. The average molecular weight is 340 g/mol. The summed E-state index contributed by atoms with van der Waals surface area (Å²) in [4.78, 5) is 32.5. The molecule has 130 valence electrons. The van der Waals surface area contributed by atoms with Gasteiger partial charge in [-0.05, 0) is 37.1 Å². The van der Waals surface area contributed by atoms with E-state index in [9.17, 15) is 9.59 Å². The second-order valence-electron chi connectivity index (χ2n) is 6.64. The predicted octanol–water partition coefficient (Wildman–Crippen LogP) is 1.97. The molecule has 0 atom stereocenters. The van der Waals surface area contributed by atoms with Crippen LogP contribution in [0.15, 0.2) is 41.1 Å². The number of likely N-dealkylation sites (N-methyl/N-ethyl adjacent to an activating group) is 1. The summed E-state index contributed by atoms with van der Waals surface area (Å²) in [5, 5.41) is 2.89. The number of piperidine rings is 1. The summed E-state index contributed by atoms with van der Waals surface area (Å²) in [6, 6.07) is 7.08. The predicted molar refractivity (Wildman–Crippen MR) is 91.0 cm³/mol. The van der Waals surface area contributed by atoms with Crippen molar-refractivity contribution in [1.82, 2.24) is 20.1 Å². The molecule has 2 aromatic heterocycles. The van der Waals surface area contributed by atoms with Crippen molar-refractivity contribution >= 4 is 11.9 Å². The normalized spacial score (nSPS) is 19.3. The molecule has 4 rings (SSSR count). The van der Waals surface area contributed by atoms with Crippen molar-refractivity contribution in [3.05, 3.63) is 42.3 Å². The van der Waals surface area contributed by atoms with Crippen molar-refractivity contribution in [3.8, 4) is 11.5 Å². The topological polar surface area (TPSA) is 78.7 Å². The van der Waals surface area contributed by atoms with E-state index in [1.54, 1.807) is 35.6 Å². The Morgan fingerprint density at radius 2 is 2.12 bits per heavy atom. The molecule has 7 nitrogen and oxygen atoms in total. The van der Waals surface area contributed by atoms with E-state index in [0.29, 0.717) is 36.7 Å². The van der Waals surface area contributed by atoms with Gasteiger partial charge in [-0.25, -0.2) is 4.79 Å². The summed E-state index contributed by atoms with van der Waals surface area (Å²) in [7, 11) is 1.83. The van der Waals surface area contributed by atoms with E-state index in [1.807, 2.05) is 18.0 Å². The van der Waals surface area contributed by atoms with E-state index in [4.69, 9.17) is 4.42 Å². The highest BCUT2D eigenvalue weighted by Crippen LogP contribution is 2.31. The highest BCUT2D eigenvalue weighted by molar-refractivity contribution is 5.95. The number of aromatic nitrogens is 1. The molecule has 0 bridgehead atoms. The highest BCUT2D eigenvalue weighted by atomic mass is 16.3. The van der Waals surface area contributed by atoms with Gasteiger partial charge in [0.15, 0.2) is 5.76 Å². The fraction of sp³-hybridized carbons (Fsp3) is 0.389. The third-order valence-corrected chi connectivity index (χ3v) is 5.35. The third-order valence-electron chi connectivity index (χ3n) is 5.35. The average Bonchev–Trinajstić information content (AvgIpc) is 3.28. The van der Waals surface area contributed by atoms with Crippen molar-refractivity contribution < 1.29 is 14.0 Å². The Bertz CT molecular complexity index is 794. The number of pyridine rings is 1. The minimum absolute atomic E-state index is 0.00927. The molecule has 0 aromatic carbocycles. The van der Waals surface area contributed by atoms with Crippen LogP contribution in [0.5, 0.6) is 0 Å². The van der Waals surface area contributed by atoms with Crippen molar-refractivity contribution in [2.75, 3.05) is 26.7 Å². The largest absolute Gasteiger partial charge is 0.463 e. The van der Waals surface area contributed by atoms with Crippen molar-refractivity contribution in [1.29, 1.82) is 0 Å². The first-order valence-corrected chi connectivity index (χ1v) is 8.40. The van der Waals surface area contributed by atoms with Gasteiger partial charge in [-0.15, -0.1) is 0 Å². The fourth-order valence-corrected chi connectivity index (χ4v) is 3.64. The maximum Gasteiger partial charge on any atom is 0.317 e. The van der Waals surface area contributed by atoms with Crippen LogP contribution in [0.2, 0.25) is 0 Å². The second-order valence-corrected chi connectivity index (χ2v) is 6.64. The van der Waals surface area contributed by atoms with E-state index in [1.165, 1.54) is 0 Å². The summed E-state index contributed by atoms with van der Waals surface area (Å²) in [6.45, 7) is 1.93. The lowest BCUT2D eigenvalue weighted by atomic mass is 9.87. The van der Waals surface area contributed by atoms with Crippen LogP contribution in [0, 0.1) is 0 Å². The van der Waals surface area contributed by atoms with Crippen LogP contribution in [0.1, 0.15) is 23.2 Å². The van der Waals surface area contributed by atoms with Gasteiger partial charge >= 0.3 is 6.03 Å². The minimum atomic E-state index is -0.161. The summed E-state index contributed by atoms with van der Waals surface area (Å²) in [5.41, 5.74) is 1.09. The number of furan rings is 1. The molecule has 25 heavy (non-hydrogen) atoms. The van der Waals surface area contributed by atoms with Crippen molar-refractivity contribution in [2.45, 2.75) is 18.4 Å². The lowest BCUT2D eigenvalue weighted by Gasteiger charge is -2.42. The Morgan fingerprint density at radius 3 is 2.76 bits per heavy atom. The number of urea groups is 1. The molecular formula is C18H20N4O3. The molecule has 4 heterocycles. The lowest BCUT2D eigenvalue weighted by Crippen LogP contribution is -2.54. The molecule has 1 N–H and O–H groups in total. The second kappa shape index (κ2) is 5.91. The Kier molecular flexibility index (Phi) is 3.71. The number of amides is 3. The maximum atomic E-state index is 12.8. The van der Waals surface area contributed by atoms with Gasteiger partial charge in [0, 0.05) is 38.4 Å². The fourth-order valence-electron chi connectivity index (χ4n) is 3.64. The SMILES string of the molecule is CN1C(=O)NCC12CCN(C(=O)c1ccnc(-c3ccco3)c1)CC2. The van der Waals surface area contributed by atoms with Gasteiger partial charge in [0.1, 0.15) is 5.69 Å². The maximum absolute atomic E-state index is 12.8. The summed E-state index contributed by atoms with van der Waals surface area (Å²) in [5.74, 6) is 0.634. The van der Waals surface area contributed by atoms with Crippen LogP contribution in [-0.2, 0) is 0 Å².